The number of hydrogen-bond donors (Lipinski definition) is 2. The molecule has 18 heavy (non-hydrogen) atoms. The summed E-state index contributed by atoms with van der Waals surface area (Å²) in [5.41, 5.74) is 11.5. The highest BCUT2D eigenvalue weighted by Crippen LogP contribution is 2.27. The number of benzene rings is 1. The molecule has 1 aromatic carbocycles. The van der Waals surface area contributed by atoms with Gasteiger partial charge in [0.2, 0.25) is 15.9 Å². The summed E-state index contributed by atoms with van der Waals surface area (Å²) in [6.07, 6.45) is 0. The second-order valence-electron chi connectivity index (χ2n) is 3.85. The summed E-state index contributed by atoms with van der Waals surface area (Å²) in [5.74, 6) is -0.743. The third-order valence-corrected chi connectivity index (χ3v) is 4.62. The van der Waals surface area contributed by atoms with Crippen molar-refractivity contribution in [1.82, 2.24) is 4.31 Å². The van der Waals surface area contributed by atoms with Crippen LogP contribution in [0.5, 0.6) is 0 Å². The number of carbonyl (C=O) groups is 1. The number of nitrogens with two attached hydrogens (primary N) is 2. The molecule has 1 rings (SSSR count). The smallest absolute Gasteiger partial charge is 0.243 e. The molecule has 0 heterocycles. The van der Waals surface area contributed by atoms with Crippen LogP contribution in [0.4, 0.5) is 5.69 Å². The predicted octanol–water partition coefficient (Wildman–Crippen LogP) is 0.336. The number of likely N-dealkylation sites (N-methyl/N-ethyl adjacent to an activating group) is 1. The summed E-state index contributed by atoms with van der Waals surface area (Å²) in [7, 11) is -2.57. The van der Waals surface area contributed by atoms with Crippen molar-refractivity contribution in [2.24, 2.45) is 5.73 Å². The van der Waals surface area contributed by atoms with Crippen LogP contribution in [0.15, 0.2) is 17.0 Å². The van der Waals surface area contributed by atoms with E-state index in [2.05, 4.69) is 0 Å². The molecule has 8 heteroatoms. The lowest BCUT2D eigenvalue weighted by molar-refractivity contribution is -0.118. The van der Waals surface area contributed by atoms with E-state index < -0.39 is 22.5 Å². The predicted molar refractivity (Wildman–Crippen MR) is 69.6 cm³/mol. The first-order valence-electron chi connectivity index (χ1n) is 4.96. The van der Waals surface area contributed by atoms with Crippen LogP contribution < -0.4 is 11.5 Å². The monoisotopic (exact) mass is 291 g/mol. The Labute approximate surface area is 111 Å². The van der Waals surface area contributed by atoms with Crippen LogP contribution in [0.25, 0.3) is 0 Å². The molecule has 1 aromatic rings. The summed E-state index contributed by atoms with van der Waals surface area (Å²) in [5, 5.41) is 0.251. The molecule has 0 aromatic heterocycles. The van der Waals surface area contributed by atoms with E-state index in [1.807, 2.05) is 0 Å². The van der Waals surface area contributed by atoms with E-state index in [1.54, 1.807) is 6.92 Å². The first-order valence-corrected chi connectivity index (χ1v) is 6.78. The molecule has 4 N–H and O–H groups in total. The molecule has 6 nitrogen and oxygen atoms in total. The van der Waals surface area contributed by atoms with E-state index in [9.17, 15) is 13.2 Å². The van der Waals surface area contributed by atoms with Gasteiger partial charge in [0.05, 0.1) is 11.4 Å². The van der Waals surface area contributed by atoms with E-state index in [0.717, 1.165) is 4.31 Å². The van der Waals surface area contributed by atoms with Crippen LogP contribution in [-0.4, -0.2) is 32.2 Å². The first kappa shape index (κ1) is 14.7. The zero-order valence-corrected chi connectivity index (χ0v) is 11.5. The Morgan fingerprint density at radius 1 is 1.44 bits per heavy atom. The molecular weight excluding hydrogens is 278 g/mol. The number of primary amides is 1. The van der Waals surface area contributed by atoms with Gasteiger partial charge in [-0.1, -0.05) is 11.6 Å². The van der Waals surface area contributed by atoms with E-state index in [1.165, 1.54) is 19.2 Å². The van der Waals surface area contributed by atoms with Crippen molar-refractivity contribution in [2.75, 3.05) is 19.3 Å². The number of carbonyl (C=O) groups excluding carboxylic acids is 1. The van der Waals surface area contributed by atoms with Crippen LogP contribution in [0.1, 0.15) is 5.56 Å². The van der Waals surface area contributed by atoms with Gasteiger partial charge < -0.3 is 11.5 Å². The second kappa shape index (κ2) is 5.13. The lowest BCUT2D eigenvalue weighted by Crippen LogP contribution is -2.35. The molecule has 0 unspecified atom stereocenters. The van der Waals surface area contributed by atoms with Crippen LogP contribution >= 0.6 is 11.6 Å². The molecule has 0 saturated carbocycles. The Morgan fingerprint density at radius 3 is 2.44 bits per heavy atom. The topological polar surface area (TPSA) is 106 Å². The molecule has 0 fully saturated rings. The van der Waals surface area contributed by atoms with Gasteiger partial charge in [0.15, 0.2) is 0 Å². The Kier molecular flexibility index (Phi) is 4.20. The summed E-state index contributed by atoms with van der Waals surface area (Å²) in [6, 6.07) is 2.59. The van der Waals surface area contributed by atoms with Crippen molar-refractivity contribution < 1.29 is 13.2 Å². The summed E-state index contributed by atoms with van der Waals surface area (Å²) < 4.78 is 25.0. The van der Waals surface area contributed by atoms with Crippen molar-refractivity contribution >= 4 is 33.2 Å². The Balaban J connectivity index is 3.25. The van der Waals surface area contributed by atoms with E-state index >= 15 is 0 Å². The van der Waals surface area contributed by atoms with Crippen molar-refractivity contribution in [3.63, 3.8) is 0 Å². The van der Waals surface area contributed by atoms with E-state index in [0.29, 0.717) is 5.56 Å². The Bertz CT molecular complexity index is 563. The van der Waals surface area contributed by atoms with Gasteiger partial charge in [-0.25, -0.2) is 8.42 Å². The van der Waals surface area contributed by atoms with Gasteiger partial charge in [0, 0.05) is 17.8 Å². The summed E-state index contributed by atoms with van der Waals surface area (Å²) in [6.45, 7) is 1.27. The van der Waals surface area contributed by atoms with Crippen LogP contribution in [-0.2, 0) is 14.8 Å². The maximum atomic E-state index is 12.1. The molecule has 0 spiro atoms. The number of amides is 1. The Morgan fingerprint density at radius 2 is 2.00 bits per heavy atom. The van der Waals surface area contributed by atoms with Gasteiger partial charge in [0.25, 0.3) is 0 Å². The molecule has 0 atom stereocenters. The average Bonchev–Trinajstić information content (AvgIpc) is 2.24. The van der Waals surface area contributed by atoms with Gasteiger partial charge in [-0.3, -0.25) is 4.79 Å². The van der Waals surface area contributed by atoms with Gasteiger partial charge in [-0.2, -0.15) is 4.31 Å². The molecule has 100 valence electrons. The van der Waals surface area contributed by atoms with Crippen molar-refractivity contribution in [2.45, 2.75) is 11.8 Å². The van der Waals surface area contributed by atoms with Crippen molar-refractivity contribution in [3.05, 3.63) is 22.7 Å². The zero-order chi connectivity index (χ0) is 14.1. The fourth-order valence-corrected chi connectivity index (χ4v) is 2.80. The number of rotatable bonds is 4. The molecular formula is C10H14ClN3O3S. The molecule has 0 aliphatic carbocycles. The van der Waals surface area contributed by atoms with Gasteiger partial charge >= 0.3 is 0 Å². The SMILES string of the molecule is Cc1c(N)cc(S(=O)(=O)N(C)CC(N)=O)cc1Cl. The van der Waals surface area contributed by atoms with Crippen LogP contribution in [0, 0.1) is 6.92 Å². The number of nitrogens with zero attached hydrogens (tertiary/aromatic N) is 1. The maximum Gasteiger partial charge on any atom is 0.243 e. The number of anilines is 1. The van der Waals surface area contributed by atoms with E-state index in [-0.39, 0.29) is 15.6 Å². The highest BCUT2D eigenvalue weighted by molar-refractivity contribution is 7.89. The third kappa shape index (κ3) is 2.92. The fraction of sp³-hybridized carbons (Fsp3) is 0.300. The van der Waals surface area contributed by atoms with Gasteiger partial charge in [-0.15, -0.1) is 0 Å². The normalized spacial score (nSPS) is 11.8. The molecule has 0 saturated heterocycles. The van der Waals surface area contributed by atoms with Gasteiger partial charge in [-0.05, 0) is 24.6 Å². The largest absolute Gasteiger partial charge is 0.398 e. The lowest BCUT2D eigenvalue weighted by Gasteiger charge is -2.16. The number of halogens is 1. The van der Waals surface area contributed by atoms with Crippen LogP contribution in [0.3, 0.4) is 0 Å². The Hall–Kier alpha value is -1.31. The van der Waals surface area contributed by atoms with Crippen molar-refractivity contribution in [1.29, 1.82) is 0 Å². The molecule has 1 amide bonds. The minimum Gasteiger partial charge on any atom is -0.398 e. The number of nitrogen functional groups attached to an aromatic ring is 1. The van der Waals surface area contributed by atoms with E-state index in [4.69, 9.17) is 23.1 Å². The number of hydrogen-bond acceptors (Lipinski definition) is 4. The minimum atomic E-state index is -3.83. The zero-order valence-electron chi connectivity index (χ0n) is 9.97. The highest BCUT2D eigenvalue weighted by Gasteiger charge is 2.23. The lowest BCUT2D eigenvalue weighted by atomic mass is 10.2. The molecule has 0 aliphatic rings. The standard InChI is InChI=1S/C10H14ClN3O3S/c1-6-8(11)3-7(4-9(6)12)18(16,17)14(2)5-10(13)15/h3-4H,5,12H2,1-2H3,(H2,13,15). The first-order chi connectivity index (χ1) is 8.16. The van der Waals surface area contributed by atoms with Crippen molar-refractivity contribution in [3.8, 4) is 0 Å². The maximum absolute atomic E-state index is 12.1. The highest BCUT2D eigenvalue weighted by atomic mass is 35.5. The summed E-state index contributed by atoms with van der Waals surface area (Å²) >= 11 is 5.88. The van der Waals surface area contributed by atoms with Crippen LogP contribution in [0.2, 0.25) is 5.02 Å². The fourth-order valence-electron chi connectivity index (χ4n) is 1.31. The molecule has 0 bridgehead atoms. The van der Waals surface area contributed by atoms with Gasteiger partial charge in [0.1, 0.15) is 0 Å². The third-order valence-electron chi connectivity index (χ3n) is 2.44. The molecule has 0 radical (unpaired) electrons. The minimum absolute atomic E-state index is 0.0700. The second-order valence-corrected chi connectivity index (χ2v) is 6.30. The number of sulfonamides is 1. The quantitative estimate of drug-likeness (QED) is 0.780. The molecule has 0 aliphatic heterocycles. The average molecular weight is 292 g/mol. The summed E-state index contributed by atoms with van der Waals surface area (Å²) in [4.78, 5) is 10.7.